The largest absolute Gasteiger partial charge is 0.413 e. The van der Waals surface area contributed by atoms with Gasteiger partial charge in [-0.1, -0.05) is 12.1 Å². The highest BCUT2D eigenvalue weighted by atomic mass is 79.9. The van der Waals surface area contributed by atoms with Gasteiger partial charge in [0, 0.05) is 0 Å². The maximum absolute atomic E-state index is 11.0. The van der Waals surface area contributed by atoms with Crippen molar-refractivity contribution in [2.45, 2.75) is 0 Å². The van der Waals surface area contributed by atoms with E-state index in [-0.39, 0.29) is 6.54 Å². The lowest BCUT2D eigenvalue weighted by atomic mass is 10.3. The molecule has 1 amide bonds. The molecule has 5 heteroatoms. The molecule has 1 aromatic carbocycles. The molecule has 0 unspecified atom stereocenters. The molecule has 0 atom stereocenters. The van der Waals surface area contributed by atoms with Gasteiger partial charge in [-0.05, 0) is 28.1 Å². The van der Waals surface area contributed by atoms with Crippen LogP contribution in [0, 0.1) is 11.3 Å². The molecule has 0 saturated heterocycles. The molecule has 0 radical (unpaired) electrons. The van der Waals surface area contributed by atoms with E-state index in [4.69, 9.17) is 10.00 Å². The number of amides is 1. The van der Waals surface area contributed by atoms with Gasteiger partial charge in [-0.15, -0.1) is 0 Å². The topological polar surface area (TPSA) is 62.1 Å². The number of para-hydroxylation sites is 1. The van der Waals surface area contributed by atoms with Gasteiger partial charge in [0.05, 0.1) is 10.5 Å². The van der Waals surface area contributed by atoms with E-state index in [1.165, 1.54) is 0 Å². The van der Waals surface area contributed by atoms with E-state index in [0.29, 0.717) is 10.2 Å². The lowest BCUT2D eigenvalue weighted by Crippen LogP contribution is -2.26. The third-order valence-electron chi connectivity index (χ3n) is 1.35. The first-order valence-corrected chi connectivity index (χ1v) is 4.60. The van der Waals surface area contributed by atoms with Crippen LogP contribution in [-0.4, -0.2) is 12.6 Å². The van der Waals surface area contributed by atoms with E-state index in [9.17, 15) is 4.79 Å². The predicted molar refractivity (Wildman–Crippen MR) is 53.8 cm³/mol. The Morgan fingerprint density at radius 1 is 1.57 bits per heavy atom. The van der Waals surface area contributed by atoms with Crippen LogP contribution in [0.1, 0.15) is 0 Å². The molecule has 1 rings (SSSR count). The highest BCUT2D eigenvalue weighted by molar-refractivity contribution is 9.10. The number of rotatable bonds is 2. The minimum atomic E-state index is -0.640. The third-order valence-corrected chi connectivity index (χ3v) is 2.01. The first-order valence-electron chi connectivity index (χ1n) is 3.81. The normalized spacial score (nSPS) is 8.86. The number of hydrogen-bond donors (Lipinski definition) is 1. The van der Waals surface area contributed by atoms with Crippen molar-refractivity contribution in [3.05, 3.63) is 28.7 Å². The summed E-state index contributed by atoms with van der Waals surface area (Å²) in [5.41, 5.74) is 0. The van der Waals surface area contributed by atoms with Gasteiger partial charge in [-0.25, -0.2) is 4.79 Å². The molecule has 4 nitrogen and oxygen atoms in total. The Morgan fingerprint density at radius 2 is 2.29 bits per heavy atom. The number of benzene rings is 1. The Morgan fingerprint density at radius 3 is 2.93 bits per heavy atom. The number of nitrogens with one attached hydrogen (secondary N) is 1. The number of nitriles is 1. The van der Waals surface area contributed by atoms with Crippen LogP contribution in [0.2, 0.25) is 0 Å². The second kappa shape index (κ2) is 5.25. The first-order chi connectivity index (χ1) is 6.74. The predicted octanol–water partition coefficient (Wildman–Crippen LogP) is 2.06. The van der Waals surface area contributed by atoms with E-state index in [1.807, 2.05) is 6.07 Å². The van der Waals surface area contributed by atoms with Gasteiger partial charge in [0.15, 0.2) is 0 Å². The molecule has 0 bridgehead atoms. The van der Waals surface area contributed by atoms with E-state index >= 15 is 0 Å². The average Bonchev–Trinajstić information content (AvgIpc) is 2.18. The van der Waals surface area contributed by atoms with Gasteiger partial charge in [-0.3, -0.25) is 0 Å². The Hall–Kier alpha value is -1.54. The van der Waals surface area contributed by atoms with Crippen molar-refractivity contribution in [2.75, 3.05) is 6.54 Å². The van der Waals surface area contributed by atoms with Crippen molar-refractivity contribution in [1.29, 1.82) is 5.26 Å². The van der Waals surface area contributed by atoms with Gasteiger partial charge in [-0.2, -0.15) is 5.26 Å². The standard InChI is InChI=1S/C9H7BrN2O2/c10-7-3-1-2-4-8(7)14-9(13)12-6-5-11/h1-4H,6H2,(H,12,13). The summed E-state index contributed by atoms with van der Waals surface area (Å²) >= 11 is 3.22. The van der Waals surface area contributed by atoms with Gasteiger partial charge in [0.1, 0.15) is 12.3 Å². The van der Waals surface area contributed by atoms with Gasteiger partial charge < -0.3 is 10.1 Å². The van der Waals surface area contributed by atoms with Gasteiger partial charge in [0.2, 0.25) is 0 Å². The molecular weight excluding hydrogens is 248 g/mol. The van der Waals surface area contributed by atoms with Gasteiger partial charge in [0.25, 0.3) is 0 Å². The second-order valence-electron chi connectivity index (χ2n) is 2.33. The quantitative estimate of drug-likeness (QED) is 0.822. The number of carbonyl (C=O) groups excluding carboxylic acids is 1. The SMILES string of the molecule is N#CCNC(=O)Oc1ccccc1Br. The summed E-state index contributed by atoms with van der Waals surface area (Å²) in [5.74, 6) is 0.419. The molecular formula is C9H7BrN2O2. The minimum absolute atomic E-state index is 0.0662. The highest BCUT2D eigenvalue weighted by Gasteiger charge is 2.05. The summed E-state index contributed by atoms with van der Waals surface area (Å²) in [7, 11) is 0. The lowest BCUT2D eigenvalue weighted by Gasteiger charge is -2.04. The molecule has 1 N–H and O–H groups in total. The van der Waals surface area contributed by atoms with E-state index in [0.717, 1.165) is 0 Å². The second-order valence-corrected chi connectivity index (χ2v) is 3.19. The third kappa shape index (κ3) is 3.07. The fraction of sp³-hybridized carbons (Fsp3) is 0.111. The van der Waals surface area contributed by atoms with E-state index < -0.39 is 6.09 Å². The van der Waals surface area contributed by atoms with Crippen LogP contribution in [0.3, 0.4) is 0 Å². The summed E-state index contributed by atoms with van der Waals surface area (Å²) in [6.07, 6.45) is -0.640. The molecule has 0 spiro atoms. The molecule has 14 heavy (non-hydrogen) atoms. The lowest BCUT2D eigenvalue weighted by molar-refractivity contribution is 0.201. The van der Waals surface area contributed by atoms with Crippen LogP contribution in [0.4, 0.5) is 4.79 Å². The number of hydrogen-bond acceptors (Lipinski definition) is 3. The zero-order valence-corrected chi connectivity index (χ0v) is 8.74. The van der Waals surface area contributed by atoms with E-state index in [1.54, 1.807) is 24.3 Å². The van der Waals surface area contributed by atoms with Crippen molar-refractivity contribution < 1.29 is 9.53 Å². The Balaban J connectivity index is 2.57. The summed E-state index contributed by atoms with van der Waals surface area (Å²) in [6.45, 7) is -0.0662. The van der Waals surface area contributed by atoms with Gasteiger partial charge >= 0.3 is 6.09 Å². The van der Waals surface area contributed by atoms with Crippen molar-refractivity contribution in [3.8, 4) is 11.8 Å². The maximum atomic E-state index is 11.0. The molecule has 72 valence electrons. The summed E-state index contributed by atoms with van der Waals surface area (Å²) in [6, 6.07) is 8.74. The van der Waals surface area contributed by atoms with Crippen LogP contribution in [0.25, 0.3) is 0 Å². The minimum Gasteiger partial charge on any atom is -0.409 e. The van der Waals surface area contributed by atoms with Crippen molar-refractivity contribution in [3.63, 3.8) is 0 Å². The monoisotopic (exact) mass is 254 g/mol. The molecule has 0 aromatic heterocycles. The van der Waals surface area contributed by atoms with Crippen molar-refractivity contribution in [1.82, 2.24) is 5.32 Å². The molecule has 1 aromatic rings. The molecule has 0 saturated carbocycles. The molecule has 0 heterocycles. The average molecular weight is 255 g/mol. The summed E-state index contributed by atoms with van der Waals surface area (Å²) < 4.78 is 5.59. The summed E-state index contributed by atoms with van der Waals surface area (Å²) in [5, 5.41) is 10.5. The maximum Gasteiger partial charge on any atom is 0.413 e. The molecule has 0 aliphatic carbocycles. The van der Waals surface area contributed by atoms with Crippen LogP contribution in [-0.2, 0) is 0 Å². The molecule has 0 aliphatic rings. The fourth-order valence-corrected chi connectivity index (χ4v) is 1.14. The van der Waals surface area contributed by atoms with Crippen LogP contribution >= 0.6 is 15.9 Å². The van der Waals surface area contributed by atoms with Crippen LogP contribution in [0.15, 0.2) is 28.7 Å². The zero-order valence-electron chi connectivity index (χ0n) is 7.16. The smallest absolute Gasteiger partial charge is 0.409 e. The van der Waals surface area contributed by atoms with Crippen LogP contribution < -0.4 is 10.1 Å². The zero-order chi connectivity index (χ0) is 10.4. The van der Waals surface area contributed by atoms with E-state index in [2.05, 4.69) is 21.2 Å². The Labute approximate surface area is 89.6 Å². The first kappa shape index (κ1) is 10.5. The number of carbonyl (C=O) groups is 1. The van der Waals surface area contributed by atoms with Crippen molar-refractivity contribution in [2.24, 2.45) is 0 Å². The number of nitrogens with zero attached hydrogens (tertiary/aromatic N) is 1. The Bertz CT molecular complexity index is 373. The number of ether oxygens (including phenoxy) is 1. The van der Waals surface area contributed by atoms with Crippen LogP contribution in [0.5, 0.6) is 5.75 Å². The molecule has 0 fully saturated rings. The fourth-order valence-electron chi connectivity index (χ4n) is 0.775. The Kier molecular flexibility index (Phi) is 3.95. The number of halogens is 1. The summed E-state index contributed by atoms with van der Waals surface area (Å²) in [4.78, 5) is 11.0. The molecule has 0 aliphatic heterocycles. The van der Waals surface area contributed by atoms with Crippen molar-refractivity contribution >= 4 is 22.0 Å². The highest BCUT2D eigenvalue weighted by Crippen LogP contribution is 2.23.